The largest absolute Gasteiger partial charge is 0.377 e. The maximum absolute atomic E-state index is 14.9. The van der Waals surface area contributed by atoms with Crippen molar-refractivity contribution in [3.05, 3.63) is 118 Å². The molecule has 0 radical (unpaired) electrons. The maximum Gasteiger partial charge on any atom is 0.184 e. The Bertz CT molecular complexity index is 1710. The second kappa shape index (κ2) is 11.9. The van der Waals surface area contributed by atoms with Gasteiger partial charge in [0, 0.05) is 29.4 Å². The van der Waals surface area contributed by atoms with Crippen molar-refractivity contribution in [2.75, 3.05) is 20.3 Å². The van der Waals surface area contributed by atoms with Crippen LogP contribution in [0.3, 0.4) is 0 Å². The molecule has 4 nitrogen and oxygen atoms in total. The van der Waals surface area contributed by atoms with Gasteiger partial charge in [0.1, 0.15) is 41.3 Å². The Morgan fingerprint density at radius 2 is 1.34 bits per heavy atom. The lowest BCUT2D eigenvalue weighted by Gasteiger charge is -2.28. The van der Waals surface area contributed by atoms with Gasteiger partial charge in [-0.1, -0.05) is 36.1 Å². The monoisotopic (exact) mass is 561 g/mol. The zero-order valence-electron chi connectivity index (χ0n) is 21.5. The fourth-order valence-corrected chi connectivity index (χ4v) is 4.31. The van der Waals surface area contributed by atoms with Crippen molar-refractivity contribution < 1.29 is 36.2 Å². The highest BCUT2D eigenvalue weighted by atomic mass is 19.1. The molecular weight excluding hydrogens is 541 g/mol. The summed E-state index contributed by atoms with van der Waals surface area (Å²) in [5.41, 5.74) is -0.00420. The van der Waals surface area contributed by atoms with Crippen LogP contribution in [0, 0.1) is 52.3 Å². The highest BCUT2D eigenvalue weighted by Gasteiger charge is 2.24. The lowest BCUT2D eigenvalue weighted by Crippen LogP contribution is -2.32. The van der Waals surface area contributed by atoms with Gasteiger partial charge in [-0.3, -0.25) is 0 Å². The molecule has 4 aromatic carbocycles. The van der Waals surface area contributed by atoms with E-state index in [0.717, 1.165) is 24.3 Å². The van der Waals surface area contributed by atoms with Crippen LogP contribution in [0.2, 0.25) is 0 Å². The number of rotatable bonds is 4. The topological polar surface area (TPSA) is 51.5 Å². The summed E-state index contributed by atoms with van der Waals surface area (Å²) in [5, 5.41) is 8.86. The van der Waals surface area contributed by atoms with Crippen LogP contribution in [0.5, 0.6) is 0 Å². The summed E-state index contributed by atoms with van der Waals surface area (Å²) in [6.07, 6.45) is -1.01. The van der Waals surface area contributed by atoms with Crippen LogP contribution in [-0.2, 0) is 14.2 Å². The lowest BCUT2D eigenvalue weighted by atomic mass is 10.00. The van der Waals surface area contributed by atoms with Crippen molar-refractivity contribution in [3.63, 3.8) is 0 Å². The van der Waals surface area contributed by atoms with Crippen molar-refractivity contribution in [1.29, 1.82) is 5.26 Å². The first kappa shape index (κ1) is 28.0. The van der Waals surface area contributed by atoms with Gasteiger partial charge in [0.05, 0.1) is 24.3 Å². The molecule has 0 bridgehead atoms. The predicted molar refractivity (Wildman–Crippen MR) is 140 cm³/mol. The normalized spacial score (nSPS) is 16.5. The first-order valence-electron chi connectivity index (χ1n) is 12.3. The standard InChI is InChI=1S/C32H20F5NO3/c1-39-23-16-40-32(41-17-23)20-6-9-25(29(35)12-20)22-13-30(36)26(31(37)14-22)8-3-18-2-7-24(28(34)10-18)19-4-5-21(15-38)27(33)11-19/h2,4-7,9-14,23,32H,16-17H2,1H3. The second-order valence-electron chi connectivity index (χ2n) is 9.16. The number of nitrogens with zero attached hydrogens (tertiary/aromatic N) is 1. The molecule has 1 saturated heterocycles. The number of nitriles is 1. The van der Waals surface area contributed by atoms with Gasteiger partial charge in [-0.15, -0.1) is 0 Å². The third-order valence-electron chi connectivity index (χ3n) is 6.52. The van der Waals surface area contributed by atoms with Crippen molar-refractivity contribution in [2.24, 2.45) is 0 Å². The Labute approximate surface area is 232 Å². The van der Waals surface area contributed by atoms with Crippen molar-refractivity contribution in [2.45, 2.75) is 12.4 Å². The Hall–Kier alpha value is -4.54. The van der Waals surface area contributed by atoms with Crippen LogP contribution in [-0.4, -0.2) is 26.4 Å². The Balaban J connectivity index is 1.36. The van der Waals surface area contributed by atoms with Gasteiger partial charge in [0.15, 0.2) is 6.29 Å². The summed E-state index contributed by atoms with van der Waals surface area (Å²) in [5.74, 6) is 0.586. The molecule has 1 aliphatic heterocycles. The molecular formula is C32H20F5NO3. The van der Waals surface area contributed by atoms with E-state index < -0.39 is 40.9 Å². The van der Waals surface area contributed by atoms with Crippen LogP contribution < -0.4 is 0 Å². The lowest BCUT2D eigenvalue weighted by molar-refractivity contribution is -0.225. The third kappa shape index (κ3) is 5.98. The fraction of sp³-hybridized carbons (Fsp3) is 0.156. The summed E-state index contributed by atoms with van der Waals surface area (Å²) in [7, 11) is 1.53. The van der Waals surface area contributed by atoms with E-state index in [1.807, 2.05) is 0 Å². The minimum absolute atomic E-state index is 0.0338. The molecule has 0 atom stereocenters. The molecule has 206 valence electrons. The number of halogens is 5. The smallest absolute Gasteiger partial charge is 0.184 e. The molecule has 5 rings (SSSR count). The van der Waals surface area contributed by atoms with Crippen LogP contribution in [0.15, 0.2) is 66.7 Å². The molecule has 0 amide bonds. The number of hydrogen-bond donors (Lipinski definition) is 0. The van der Waals surface area contributed by atoms with Gasteiger partial charge >= 0.3 is 0 Å². The van der Waals surface area contributed by atoms with Crippen LogP contribution >= 0.6 is 0 Å². The van der Waals surface area contributed by atoms with E-state index in [1.165, 1.54) is 43.5 Å². The number of methoxy groups -OCH3 is 1. The van der Waals surface area contributed by atoms with E-state index in [2.05, 4.69) is 11.8 Å². The van der Waals surface area contributed by atoms with E-state index >= 15 is 0 Å². The van der Waals surface area contributed by atoms with E-state index in [4.69, 9.17) is 19.5 Å². The zero-order chi connectivity index (χ0) is 29.1. The Kier molecular flexibility index (Phi) is 8.14. The van der Waals surface area contributed by atoms with Gasteiger partial charge in [0.25, 0.3) is 0 Å². The van der Waals surface area contributed by atoms with Gasteiger partial charge in [0.2, 0.25) is 0 Å². The van der Waals surface area contributed by atoms with Crippen LogP contribution in [0.4, 0.5) is 22.0 Å². The molecule has 0 aliphatic carbocycles. The number of benzene rings is 4. The van der Waals surface area contributed by atoms with Gasteiger partial charge < -0.3 is 14.2 Å². The van der Waals surface area contributed by atoms with Crippen molar-refractivity contribution >= 4 is 0 Å². The third-order valence-corrected chi connectivity index (χ3v) is 6.52. The van der Waals surface area contributed by atoms with E-state index in [1.54, 1.807) is 12.1 Å². The van der Waals surface area contributed by atoms with E-state index in [0.29, 0.717) is 5.56 Å². The molecule has 41 heavy (non-hydrogen) atoms. The number of ether oxygens (including phenoxy) is 3. The average molecular weight is 562 g/mol. The van der Waals surface area contributed by atoms with Crippen LogP contribution in [0.1, 0.15) is 28.5 Å². The summed E-state index contributed by atoms with van der Waals surface area (Å²) in [4.78, 5) is 0. The summed E-state index contributed by atoms with van der Waals surface area (Å²) in [6, 6.07) is 15.2. The van der Waals surface area contributed by atoms with Gasteiger partial charge in [-0.25, -0.2) is 22.0 Å². The zero-order valence-corrected chi connectivity index (χ0v) is 21.5. The molecule has 1 heterocycles. The summed E-state index contributed by atoms with van der Waals surface area (Å²) < 4.78 is 89.6. The molecule has 1 aliphatic rings. The highest BCUT2D eigenvalue weighted by molar-refractivity contribution is 5.68. The Morgan fingerprint density at radius 3 is 1.95 bits per heavy atom. The summed E-state index contributed by atoms with van der Waals surface area (Å²) in [6.45, 7) is 0.550. The van der Waals surface area contributed by atoms with Crippen LogP contribution in [0.25, 0.3) is 22.3 Å². The predicted octanol–water partition coefficient (Wildman–Crippen LogP) is 7.05. The number of hydrogen-bond acceptors (Lipinski definition) is 4. The SMILES string of the molecule is COC1COC(c2ccc(-c3cc(F)c(C#Cc4ccc(-c5ccc(C#N)c(F)c5)c(F)c4)c(F)c3)c(F)c2)OC1. The van der Waals surface area contributed by atoms with Gasteiger partial charge in [-0.05, 0) is 53.6 Å². The van der Waals surface area contributed by atoms with Gasteiger partial charge in [-0.2, -0.15) is 5.26 Å². The maximum atomic E-state index is 14.9. The van der Waals surface area contributed by atoms with E-state index in [9.17, 15) is 22.0 Å². The first-order valence-corrected chi connectivity index (χ1v) is 12.3. The molecule has 0 spiro atoms. The Morgan fingerprint density at radius 1 is 0.707 bits per heavy atom. The minimum Gasteiger partial charge on any atom is -0.377 e. The molecule has 0 N–H and O–H groups in total. The molecule has 0 aromatic heterocycles. The molecule has 1 fully saturated rings. The second-order valence-corrected chi connectivity index (χ2v) is 9.16. The first-order chi connectivity index (χ1) is 19.8. The van der Waals surface area contributed by atoms with E-state index in [-0.39, 0.29) is 52.7 Å². The molecule has 9 heteroatoms. The molecule has 0 saturated carbocycles. The average Bonchev–Trinajstić information content (AvgIpc) is 2.96. The summed E-state index contributed by atoms with van der Waals surface area (Å²) >= 11 is 0. The minimum atomic E-state index is -1.02. The van der Waals surface area contributed by atoms with Crippen molar-refractivity contribution in [1.82, 2.24) is 0 Å². The molecule has 0 unspecified atom stereocenters. The molecule has 4 aromatic rings. The quantitative estimate of drug-likeness (QED) is 0.198. The highest BCUT2D eigenvalue weighted by Crippen LogP contribution is 2.31. The van der Waals surface area contributed by atoms with Crippen molar-refractivity contribution in [3.8, 4) is 40.2 Å². The fourth-order valence-electron chi connectivity index (χ4n) is 4.31.